The number of esters is 1. The van der Waals surface area contributed by atoms with Crippen LogP contribution in [-0.4, -0.2) is 23.3 Å². The molecule has 0 N–H and O–H groups in total. The van der Waals surface area contributed by atoms with Gasteiger partial charge in [-0.3, -0.25) is 19.7 Å². The van der Waals surface area contributed by atoms with Crippen molar-refractivity contribution in [2.75, 3.05) is 6.61 Å². The third-order valence-electron chi connectivity index (χ3n) is 2.38. The minimum atomic E-state index is -1.47. The minimum Gasteiger partial charge on any atom is -0.619 e. The first-order chi connectivity index (χ1) is 8.88. The molecular formula is C11H12N2O6. The fraction of sp³-hybridized carbons (Fsp3) is 0.364. The number of rotatable bonds is 5. The molecule has 0 aliphatic carbocycles. The highest BCUT2D eigenvalue weighted by atomic mass is 16.6. The number of carbonyl (C=O) groups excluding carboxylic acids is 2. The summed E-state index contributed by atoms with van der Waals surface area (Å²) in [5.74, 6) is -3.01. The molecule has 0 unspecified atom stereocenters. The summed E-state index contributed by atoms with van der Waals surface area (Å²) in [5.41, 5.74) is -0.742. The van der Waals surface area contributed by atoms with E-state index >= 15 is 0 Å². The summed E-state index contributed by atoms with van der Waals surface area (Å²) in [7, 11) is 0. The second kappa shape index (κ2) is 5.89. The highest BCUT2D eigenvalue weighted by Gasteiger charge is 2.35. The molecule has 0 aliphatic heterocycles. The van der Waals surface area contributed by atoms with Crippen LogP contribution in [0.4, 0.5) is 5.69 Å². The van der Waals surface area contributed by atoms with E-state index in [1.807, 2.05) is 0 Å². The molecule has 8 nitrogen and oxygen atoms in total. The van der Waals surface area contributed by atoms with E-state index in [4.69, 9.17) is 4.74 Å². The van der Waals surface area contributed by atoms with Crippen LogP contribution in [-0.2, 0) is 14.3 Å². The van der Waals surface area contributed by atoms with Gasteiger partial charge in [0.15, 0.2) is 18.3 Å². The largest absolute Gasteiger partial charge is 0.619 e. The lowest BCUT2D eigenvalue weighted by molar-refractivity contribution is -0.606. The Bertz CT molecular complexity index is 528. The number of hydrogen-bond acceptors (Lipinski definition) is 6. The number of ether oxygens (including phenoxy) is 1. The number of pyridine rings is 1. The van der Waals surface area contributed by atoms with Gasteiger partial charge in [-0.2, -0.15) is 4.73 Å². The SMILES string of the molecule is CCOC(=O)[C@H](C(C)=O)c1c[n+]([O-])ccc1[N+](=O)[O-]. The van der Waals surface area contributed by atoms with Crippen LogP contribution in [0.2, 0.25) is 0 Å². The highest BCUT2D eigenvalue weighted by Crippen LogP contribution is 2.26. The lowest BCUT2D eigenvalue weighted by Gasteiger charge is -2.12. The van der Waals surface area contributed by atoms with Crippen molar-refractivity contribution in [3.05, 3.63) is 39.3 Å². The smallest absolute Gasteiger partial charge is 0.321 e. The normalized spacial score (nSPS) is 11.7. The molecule has 0 aliphatic rings. The van der Waals surface area contributed by atoms with Crippen LogP contribution in [0.25, 0.3) is 0 Å². The van der Waals surface area contributed by atoms with Crippen molar-refractivity contribution < 1.29 is 24.0 Å². The number of carbonyl (C=O) groups is 2. The third-order valence-corrected chi connectivity index (χ3v) is 2.38. The number of aromatic nitrogens is 1. The van der Waals surface area contributed by atoms with Crippen molar-refractivity contribution in [2.24, 2.45) is 0 Å². The van der Waals surface area contributed by atoms with Gasteiger partial charge < -0.3 is 9.94 Å². The van der Waals surface area contributed by atoms with E-state index in [0.29, 0.717) is 0 Å². The Morgan fingerprint density at radius 1 is 1.53 bits per heavy atom. The Labute approximate surface area is 108 Å². The predicted octanol–water partition coefficient (Wildman–Crippen LogP) is 0.464. The van der Waals surface area contributed by atoms with Crippen molar-refractivity contribution >= 4 is 17.4 Å². The summed E-state index contributed by atoms with van der Waals surface area (Å²) in [4.78, 5) is 33.3. The second-order valence-electron chi connectivity index (χ2n) is 3.70. The first-order valence-corrected chi connectivity index (χ1v) is 5.42. The molecule has 0 saturated carbocycles. The standard InChI is InChI=1S/C11H12N2O6/c1-3-19-11(15)10(7(2)14)8-6-12(16)5-4-9(8)13(17)18/h4-6,10H,3H2,1-2H3/t10-/m1/s1. The van der Waals surface area contributed by atoms with Crippen LogP contribution in [0.15, 0.2) is 18.5 Å². The van der Waals surface area contributed by atoms with Crippen LogP contribution >= 0.6 is 0 Å². The molecule has 0 aromatic carbocycles. The summed E-state index contributed by atoms with van der Waals surface area (Å²) in [6.07, 6.45) is 1.76. The average molecular weight is 268 g/mol. The molecule has 0 bridgehead atoms. The lowest BCUT2D eigenvalue weighted by atomic mass is 9.95. The van der Waals surface area contributed by atoms with Crippen LogP contribution in [0.3, 0.4) is 0 Å². The summed E-state index contributed by atoms with van der Waals surface area (Å²) >= 11 is 0. The van der Waals surface area contributed by atoms with Gasteiger partial charge in [-0.25, -0.2) is 0 Å². The molecule has 1 rings (SSSR count). The Hall–Kier alpha value is -2.51. The van der Waals surface area contributed by atoms with Crippen molar-refractivity contribution in [2.45, 2.75) is 19.8 Å². The van der Waals surface area contributed by atoms with Gasteiger partial charge in [0.2, 0.25) is 0 Å². The first kappa shape index (κ1) is 14.6. The van der Waals surface area contributed by atoms with Gasteiger partial charge in [-0.15, -0.1) is 0 Å². The second-order valence-corrected chi connectivity index (χ2v) is 3.70. The van der Waals surface area contributed by atoms with Gasteiger partial charge >= 0.3 is 5.97 Å². The number of Topliss-reactive ketones (excluding diaryl/α,β-unsaturated/α-hetero) is 1. The molecule has 19 heavy (non-hydrogen) atoms. The average Bonchev–Trinajstić information content (AvgIpc) is 2.28. The summed E-state index contributed by atoms with van der Waals surface area (Å²) < 4.78 is 4.99. The quantitative estimate of drug-likeness (QED) is 0.191. The number of hydrogen-bond donors (Lipinski definition) is 0. The van der Waals surface area contributed by atoms with E-state index in [1.54, 1.807) is 6.92 Å². The summed E-state index contributed by atoms with van der Waals surface area (Å²) in [5, 5.41) is 22.1. The molecule has 0 amide bonds. The van der Waals surface area contributed by atoms with Crippen molar-refractivity contribution in [3.63, 3.8) is 0 Å². The molecule has 1 heterocycles. The Morgan fingerprint density at radius 3 is 2.63 bits per heavy atom. The van der Waals surface area contributed by atoms with Crippen LogP contribution in [0.1, 0.15) is 25.3 Å². The third kappa shape index (κ3) is 3.24. The number of nitrogens with zero attached hydrogens (tertiary/aromatic N) is 2. The van der Waals surface area contributed by atoms with Crippen LogP contribution in [0.5, 0.6) is 0 Å². The molecular weight excluding hydrogens is 256 g/mol. The van der Waals surface area contributed by atoms with Gasteiger partial charge in [-0.05, 0) is 13.8 Å². The zero-order valence-electron chi connectivity index (χ0n) is 10.4. The van der Waals surface area contributed by atoms with E-state index in [0.717, 1.165) is 25.4 Å². The molecule has 0 spiro atoms. The zero-order valence-corrected chi connectivity index (χ0v) is 10.4. The van der Waals surface area contributed by atoms with Gasteiger partial charge in [0.25, 0.3) is 5.69 Å². The summed E-state index contributed by atoms with van der Waals surface area (Å²) in [6, 6.07) is 0.942. The predicted molar refractivity (Wildman–Crippen MR) is 62.1 cm³/mol. The van der Waals surface area contributed by atoms with Gasteiger partial charge in [-0.1, -0.05) is 0 Å². The van der Waals surface area contributed by atoms with Gasteiger partial charge in [0.1, 0.15) is 11.3 Å². The molecule has 0 fully saturated rings. The maximum atomic E-state index is 11.7. The maximum Gasteiger partial charge on any atom is 0.321 e. The zero-order chi connectivity index (χ0) is 14.6. The van der Waals surface area contributed by atoms with E-state index in [9.17, 15) is 24.9 Å². The fourth-order valence-electron chi connectivity index (χ4n) is 1.61. The highest BCUT2D eigenvalue weighted by molar-refractivity contribution is 6.04. The molecule has 0 saturated heterocycles. The molecule has 102 valence electrons. The van der Waals surface area contributed by atoms with E-state index < -0.39 is 28.3 Å². The number of nitro groups is 1. The van der Waals surface area contributed by atoms with E-state index in [2.05, 4.69) is 0 Å². The first-order valence-electron chi connectivity index (χ1n) is 5.42. The minimum absolute atomic E-state index is 0.0284. The Kier molecular flexibility index (Phi) is 4.51. The molecule has 1 aromatic heterocycles. The van der Waals surface area contributed by atoms with E-state index in [1.165, 1.54) is 0 Å². The van der Waals surface area contributed by atoms with Crippen molar-refractivity contribution in [1.82, 2.24) is 0 Å². The van der Waals surface area contributed by atoms with E-state index in [-0.39, 0.29) is 16.9 Å². The van der Waals surface area contributed by atoms with Gasteiger partial charge in [0, 0.05) is 0 Å². The fourth-order valence-corrected chi connectivity index (χ4v) is 1.61. The van der Waals surface area contributed by atoms with Crippen molar-refractivity contribution in [1.29, 1.82) is 0 Å². The number of ketones is 1. The molecule has 1 aromatic rings. The summed E-state index contributed by atoms with van der Waals surface area (Å²) in [6.45, 7) is 2.68. The van der Waals surface area contributed by atoms with Crippen LogP contribution in [0, 0.1) is 15.3 Å². The monoisotopic (exact) mass is 268 g/mol. The molecule has 0 radical (unpaired) electrons. The Balaban J connectivity index is 3.37. The maximum absolute atomic E-state index is 11.7. The topological polar surface area (TPSA) is 113 Å². The van der Waals surface area contributed by atoms with Crippen LogP contribution < -0.4 is 4.73 Å². The molecule has 1 atom stereocenters. The van der Waals surface area contributed by atoms with Crippen molar-refractivity contribution in [3.8, 4) is 0 Å². The van der Waals surface area contributed by atoms with Gasteiger partial charge in [0.05, 0.1) is 17.6 Å². The molecule has 8 heteroatoms. The Morgan fingerprint density at radius 2 is 2.16 bits per heavy atom. The lowest BCUT2D eigenvalue weighted by Crippen LogP contribution is -2.30.